The van der Waals surface area contributed by atoms with Crippen molar-refractivity contribution in [2.75, 3.05) is 24.7 Å². The lowest BCUT2D eigenvalue weighted by atomic mass is 10.0. The molecule has 0 N–H and O–H groups in total. The molecular weight excluding hydrogens is 328 g/mol. The summed E-state index contributed by atoms with van der Waals surface area (Å²) in [5, 5.41) is 0. The van der Waals surface area contributed by atoms with Gasteiger partial charge in [0, 0.05) is 31.3 Å². The first kappa shape index (κ1) is 17.2. The number of piperidine rings is 1. The monoisotopic (exact) mass is 352 g/mol. The lowest BCUT2D eigenvalue weighted by Gasteiger charge is -2.28. The Kier molecular flexibility index (Phi) is 5.27. The zero-order chi connectivity index (χ0) is 17.8. The highest BCUT2D eigenvalue weighted by Crippen LogP contribution is 2.31. The van der Waals surface area contributed by atoms with Crippen molar-refractivity contribution in [3.8, 4) is 11.3 Å². The van der Waals surface area contributed by atoms with Crippen molar-refractivity contribution >= 4 is 11.6 Å². The van der Waals surface area contributed by atoms with Crippen molar-refractivity contribution in [1.82, 2.24) is 4.98 Å². The molecule has 0 saturated carbocycles. The van der Waals surface area contributed by atoms with Crippen molar-refractivity contribution in [1.29, 1.82) is 0 Å². The van der Waals surface area contributed by atoms with Gasteiger partial charge in [-0.05, 0) is 43.0 Å². The average Bonchev–Trinajstić information content (AvgIpc) is 3.21. The number of aromatic nitrogens is 1. The Morgan fingerprint density at radius 3 is 3.04 bits per heavy atom. The molecule has 2 saturated heterocycles. The van der Waals surface area contributed by atoms with Gasteiger partial charge >= 0.3 is 0 Å². The predicted octanol–water partition coefficient (Wildman–Crippen LogP) is 3.57. The number of carbonyl (C=O) groups is 1. The van der Waals surface area contributed by atoms with E-state index in [1.54, 1.807) is 6.20 Å². The van der Waals surface area contributed by atoms with Gasteiger partial charge in [-0.15, -0.1) is 0 Å². The summed E-state index contributed by atoms with van der Waals surface area (Å²) in [5.74, 6) is 0.186. The molecule has 4 rings (SSSR count). The molecule has 1 aromatic carbocycles. The van der Waals surface area contributed by atoms with Crippen molar-refractivity contribution in [3.63, 3.8) is 0 Å². The molecule has 1 unspecified atom stereocenters. The fraction of sp³-hybridized carbons (Fsp3) is 0.429. The van der Waals surface area contributed by atoms with Crippen molar-refractivity contribution in [3.05, 3.63) is 48.2 Å². The second-order valence-electron chi connectivity index (χ2n) is 6.87. The summed E-state index contributed by atoms with van der Waals surface area (Å²) < 4.78 is 11.3. The number of carbonyl (C=O) groups excluding carboxylic acids is 1. The van der Waals surface area contributed by atoms with Gasteiger partial charge in [-0.1, -0.05) is 18.2 Å². The molecule has 1 atom stereocenters. The topological polar surface area (TPSA) is 51.7 Å². The molecule has 2 aromatic rings. The number of benzene rings is 1. The first-order valence-electron chi connectivity index (χ1n) is 9.35. The molecule has 0 radical (unpaired) electrons. The maximum absolute atomic E-state index is 12.4. The van der Waals surface area contributed by atoms with Gasteiger partial charge in [0.1, 0.15) is 0 Å². The van der Waals surface area contributed by atoms with Gasteiger partial charge in [0.15, 0.2) is 0 Å². The van der Waals surface area contributed by atoms with E-state index in [1.807, 2.05) is 29.2 Å². The Labute approximate surface area is 153 Å². The number of amides is 1. The minimum Gasteiger partial charge on any atom is -0.379 e. The quantitative estimate of drug-likeness (QED) is 0.825. The zero-order valence-corrected chi connectivity index (χ0v) is 14.9. The second-order valence-corrected chi connectivity index (χ2v) is 6.87. The maximum Gasteiger partial charge on any atom is 0.227 e. The van der Waals surface area contributed by atoms with Gasteiger partial charge < -0.3 is 14.4 Å². The average molecular weight is 352 g/mol. The lowest BCUT2D eigenvalue weighted by molar-refractivity contribution is -0.119. The van der Waals surface area contributed by atoms with Crippen LogP contribution in [-0.4, -0.2) is 36.8 Å². The Hall–Kier alpha value is -2.24. The molecule has 5 heteroatoms. The van der Waals surface area contributed by atoms with E-state index in [1.165, 1.54) is 0 Å². The molecule has 1 aromatic heterocycles. The van der Waals surface area contributed by atoms with Crippen LogP contribution in [0.3, 0.4) is 0 Å². The molecule has 0 aliphatic carbocycles. The summed E-state index contributed by atoms with van der Waals surface area (Å²) in [7, 11) is 0. The van der Waals surface area contributed by atoms with E-state index >= 15 is 0 Å². The molecule has 2 aliphatic rings. The van der Waals surface area contributed by atoms with Crippen LogP contribution in [-0.2, 0) is 20.9 Å². The summed E-state index contributed by atoms with van der Waals surface area (Å²) >= 11 is 0. The molecule has 2 fully saturated rings. The summed E-state index contributed by atoms with van der Waals surface area (Å²) in [4.78, 5) is 18.8. The van der Waals surface area contributed by atoms with Crippen LogP contribution in [0.2, 0.25) is 0 Å². The normalized spacial score (nSPS) is 20.5. The van der Waals surface area contributed by atoms with Gasteiger partial charge in [0.25, 0.3) is 0 Å². The van der Waals surface area contributed by atoms with Crippen LogP contribution in [0, 0.1) is 0 Å². The van der Waals surface area contributed by atoms with Gasteiger partial charge in [-0.2, -0.15) is 0 Å². The van der Waals surface area contributed by atoms with Crippen LogP contribution >= 0.6 is 0 Å². The largest absolute Gasteiger partial charge is 0.379 e. The lowest BCUT2D eigenvalue weighted by Crippen LogP contribution is -2.35. The van der Waals surface area contributed by atoms with Crippen molar-refractivity contribution in [2.45, 2.75) is 38.4 Å². The minimum absolute atomic E-state index is 0.186. The number of pyridine rings is 1. The summed E-state index contributed by atoms with van der Waals surface area (Å²) in [6.45, 7) is 2.79. The summed E-state index contributed by atoms with van der Waals surface area (Å²) in [6, 6.07) is 12.1. The van der Waals surface area contributed by atoms with E-state index in [-0.39, 0.29) is 12.0 Å². The Balaban J connectivity index is 1.57. The van der Waals surface area contributed by atoms with E-state index in [0.29, 0.717) is 19.6 Å². The molecule has 1 amide bonds. The van der Waals surface area contributed by atoms with Crippen molar-refractivity contribution in [2.24, 2.45) is 0 Å². The Morgan fingerprint density at radius 2 is 2.19 bits per heavy atom. The van der Waals surface area contributed by atoms with Gasteiger partial charge in [-0.25, -0.2) is 0 Å². The van der Waals surface area contributed by atoms with Crippen LogP contribution in [0.25, 0.3) is 11.3 Å². The number of nitrogens with zero attached hydrogens (tertiary/aromatic N) is 2. The third-order valence-corrected chi connectivity index (χ3v) is 4.97. The van der Waals surface area contributed by atoms with Gasteiger partial charge in [-0.3, -0.25) is 9.78 Å². The Bertz CT molecular complexity index is 771. The number of anilines is 1. The summed E-state index contributed by atoms with van der Waals surface area (Å²) in [6.07, 6.45) is 5.56. The third kappa shape index (κ3) is 3.79. The molecular formula is C21H24N2O3. The highest BCUT2D eigenvalue weighted by atomic mass is 16.5. The van der Waals surface area contributed by atoms with Crippen LogP contribution in [0.5, 0.6) is 0 Å². The standard InChI is InChI=1S/C21H24N2O3/c24-20-8-1-2-11-23(20)19-7-4-10-22-21(19)17-6-3-5-16(13-17)14-26-18-9-12-25-15-18/h3-7,10,13,18H,1-2,8-9,11-12,14-15H2. The fourth-order valence-corrected chi connectivity index (χ4v) is 3.56. The summed E-state index contributed by atoms with van der Waals surface area (Å²) in [5.41, 5.74) is 3.88. The number of rotatable bonds is 5. The number of hydrogen-bond donors (Lipinski definition) is 0. The second kappa shape index (κ2) is 7.98. The molecule has 0 bridgehead atoms. The Morgan fingerprint density at radius 1 is 1.23 bits per heavy atom. The van der Waals surface area contributed by atoms with Crippen LogP contribution in [0.4, 0.5) is 5.69 Å². The first-order chi connectivity index (χ1) is 12.8. The van der Waals surface area contributed by atoms with Gasteiger partial charge in [0.05, 0.1) is 30.7 Å². The zero-order valence-electron chi connectivity index (χ0n) is 14.9. The highest BCUT2D eigenvalue weighted by Gasteiger charge is 2.23. The van der Waals surface area contributed by atoms with Crippen molar-refractivity contribution < 1.29 is 14.3 Å². The SMILES string of the molecule is O=C1CCCCN1c1cccnc1-c1cccc(COC2CCOC2)c1. The van der Waals surface area contributed by atoms with E-state index in [2.05, 4.69) is 17.1 Å². The van der Waals surface area contributed by atoms with Crippen LogP contribution < -0.4 is 4.90 Å². The van der Waals surface area contributed by atoms with Gasteiger partial charge in [0.2, 0.25) is 5.91 Å². The van der Waals surface area contributed by atoms with E-state index < -0.39 is 0 Å². The number of ether oxygens (including phenoxy) is 2. The van der Waals surface area contributed by atoms with Crippen LogP contribution in [0.1, 0.15) is 31.2 Å². The minimum atomic E-state index is 0.186. The molecule has 136 valence electrons. The number of hydrogen-bond acceptors (Lipinski definition) is 4. The molecule has 0 spiro atoms. The van der Waals surface area contributed by atoms with E-state index in [4.69, 9.17) is 9.47 Å². The van der Waals surface area contributed by atoms with E-state index in [0.717, 1.165) is 54.9 Å². The third-order valence-electron chi connectivity index (χ3n) is 4.97. The maximum atomic E-state index is 12.4. The smallest absolute Gasteiger partial charge is 0.227 e. The molecule has 5 nitrogen and oxygen atoms in total. The predicted molar refractivity (Wildman–Crippen MR) is 99.9 cm³/mol. The first-order valence-corrected chi connectivity index (χ1v) is 9.35. The van der Waals surface area contributed by atoms with Crippen LogP contribution in [0.15, 0.2) is 42.6 Å². The molecule has 3 heterocycles. The van der Waals surface area contributed by atoms with E-state index in [9.17, 15) is 4.79 Å². The molecule has 2 aliphatic heterocycles. The fourth-order valence-electron chi connectivity index (χ4n) is 3.56. The molecule has 26 heavy (non-hydrogen) atoms. The highest BCUT2D eigenvalue weighted by molar-refractivity contribution is 5.97.